The van der Waals surface area contributed by atoms with Crippen molar-refractivity contribution >= 4 is 6.01 Å². The van der Waals surface area contributed by atoms with Gasteiger partial charge in [-0.1, -0.05) is 5.16 Å². The third-order valence-electron chi connectivity index (χ3n) is 1.93. The van der Waals surface area contributed by atoms with Crippen LogP contribution in [-0.2, 0) is 0 Å². The molecule has 13 heavy (non-hydrogen) atoms. The first-order chi connectivity index (χ1) is 6.25. The number of hydrogen-bond donors (Lipinski definition) is 2. The molecule has 5 heteroatoms. The van der Waals surface area contributed by atoms with Crippen molar-refractivity contribution in [2.24, 2.45) is 0 Å². The molecule has 1 heterocycles. The van der Waals surface area contributed by atoms with Crippen LogP contribution >= 0.6 is 0 Å². The average Bonchev–Trinajstić information content (AvgIpc) is 2.83. The summed E-state index contributed by atoms with van der Waals surface area (Å²) in [7, 11) is 0. The summed E-state index contributed by atoms with van der Waals surface area (Å²) >= 11 is 0. The molecule has 1 aliphatic rings. The van der Waals surface area contributed by atoms with Gasteiger partial charge in [-0.3, -0.25) is 0 Å². The molecule has 5 nitrogen and oxygen atoms in total. The molecule has 0 bridgehead atoms. The lowest BCUT2D eigenvalue weighted by molar-refractivity contribution is 0.207. The highest BCUT2D eigenvalue weighted by Gasteiger charge is 2.28. The Hall–Kier alpha value is -1.10. The van der Waals surface area contributed by atoms with E-state index in [1.165, 1.54) is 0 Å². The fraction of sp³-hybridized carbons (Fsp3) is 0.750. The summed E-state index contributed by atoms with van der Waals surface area (Å²) < 4.78 is 4.93. The highest BCUT2D eigenvalue weighted by atomic mass is 16.5. The summed E-state index contributed by atoms with van der Waals surface area (Å²) in [5, 5.41) is 15.7. The summed E-state index contributed by atoms with van der Waals surface area (Å²) in [6.07, 6.45) is 1.92. The second kappa shape index (κ2) is 3.33. The number of rotatable bonds is 4. The molecule has 0 spiro atoms. The van der Waals surface area contributed by atoms with E-state index in [1.54, 1.807) is 6.92 Å². The van der Waals surface area contributed by atoms with Crippen molar-refractivity contribution in [3.05, 3.63) is 5.82 Å². The number of nitrogens with zero attached hydrogens (tertiary/aromatic N) is 2. The van der Waals surface area contributed by atoms with Crippen LogP contribution in [0.25, 0.3) is 0 Å². The Bertz CT molecular complexity index is 281. The predicted molar refractivity (Wildman–Crippen MR) is 46.4 cm³/mol. The zero-order valence-electron chi connectivity index (χ0n) is 7.53. The Labute approximate surface area is 76.1 Å². The van der Waals surface area contributed by atoms with Crippen molar-refractivity contribution in [1.82, 2.24) is 10.1 Å². The summed E-state index contributed by atoms with van der Waals surface area (Å²) in [5.74, 6) is 1.29. The van der Waals surface area contributed by atoms with Gasteiger partial charge in [0.25, 0.3) is 0 Å². The van der Waals surface area contributed by atoms with E-state index in [2.05, 4.69) is 15.5 Å². The van der Waals surface area contributed by atoms with E-state index in [4.69, 9.17) is 9.63 Å². The van der Waals surface area contributed by atoms with Crippen LogP contribution in [-0.4, -0.2) is 27.9 Å². The number of nitrogens with one attached hydrogen (secondary N) is 1. The molecule has 1 aromatic heterocycles. The highest BCUT2D eigenvalue weighted by molar-refractivity contribution is 5.20. The van der Waals surface area contributed by atoms with Gasteiger partial charge in [-0.15, -0.1) is 0 Å². The third-order valence-corrected chi connectivity index (χ3v) is 1.93. The van der Waals surface area contributed by atoms with E-state index in [9.17, 15) is 0 Å². The molecule has 0 aliphatic heterocycles. The molecule has 1 fully saturated rings. The van der Waals surface area contributed by atoms with Crippen molar-refractivity contribution in [3.63, 3.8) is 0 Å². The van der Waals surface area contributed by atoms with E-state index in [0.29, 0.717) is 18.5 Å². The standard InChI is InChI=1S/C8H13N3O2/c1-5(12)4-9-8-10-7(11-13-8)6-2-3-6/h5-6,12H,2-4H2,1H3,(H,9,10,11)/t5-/m0/s1. The van der Waals surface area contributed by atoms with Gasteiger partial charge in [0.2, 0.25) is 0 Å². The van der Waals surface area contributed by atoms with Gasteiger partial charge in [0.1, 0.15) is 0 Å². The zero-order chi connectivity index (χ0) is 9.26. The Morgan fingerprint density at radius 3 is 3.08 bits per heavy atom. The second-order valence-electron chi connectivity index (χ2n) is 3.46. The molecular weight excluding hydrogens is 170 g/mol. The average molecular weight is 183 g/mol. The summed E-state index contributed by atoms with van der Waals surface area (Å²) in [6, 6.07) is 0.405. The largest absolute Gasteiger partial charge is 0.392 e. The molecule has 0 radical (unpaired) electrons. The number of aliphatic hydroxyl groups excluding tert-OH is 1. The molecule has 0 amide bonds. The Balaban J connectivity index is 1.89. The van der Waals surface area contributed by atoms with Gasteiger partial charge in [-0.2, -0.15) is 4.98 Å². The maximum atomic E-state index is 8.99. The molecule has 0 unspecified atom stereocenters. The highest BCUT2D eigenvalue weighted by Crippen LogP contribution is 2.38. The molecule has 72 valence electrons. The summed E-state index contributed by atoms with van der Waals surface area (Å²) in [6.45, 7) is 2.14. The Kier molecular flexibility index (Phi) is 2.18. The van der Waals surface area contributed by atoms with Crippen molar-refractivity contribution < 1.29 is 9.63 Å². The minimum atomic E-state index is -0.406. The van der Waals surface area contributed by atoms with Crippen LogP contribution in [0.3, 0.4) is 0 Å². The summed E-state index contributed by atoms with van der Waals surface area (Å²) in [5.41, 5.74) is 0. The van der Waals surface area contributed by atoms with Crippen molar-refractivity contribution in [2.45, 2.75) is 31.8 Å². The van der Waals surface area contributed by atoms with Gasteiger partial charge in [0.15, 0.2) is 5.82 Å². The van der Waals surface area contributed by atoms with Gasteiger partial charge in [-0.25, -0.2) is 0 Å². The lowest BCUT2D eigenvalue weighted by Gasteiger charge is -2.01. The van der Waals surface area contributed by atoms with Gasteiger partial charge in [0, 0.05) is 12.5 Å². The molecule has 0 aromatic carbocycles. The zero-order valence-corrected chi connectivity index (χ0v) is 7.53. The topological polar surface area (TPSA) is 71.2 Å². The van der Waals surface area contributed by atoms with Crippen molar-refractivity contribution in [3.8, 4) is 0 Å². The quantitative estimate of drug-likeness (QED) is 0.720. The van der Waals surface area contributed by atoms with Crippen LogP contribution in [0.2, 0.25) is 0 Å². The first-order valence-corrected chi connectivity index (χ1v) is 4.51. The normalized spacial score (nSPS) is 18.6. The molecule has 2 N–H and O–H groups in total. The van der Waals surface area contributed by atoms with Gasteiger partial charge in [-0.05, 0) is 19.8 Å². The van der Waals surface area contributed by atoms with E-state index >= 15 is 0 Å². The fourth-order valence-corrected chi connectivity index (χ4v) is 1.05. The van der Waals surface area contributed by atoms with E-state index in [0.717, 1.165) is 18.7 Å². The smallest absolute Gasteiger partial charge is 0.321 e. The molecule has 1 atom stereocenters. The SMILES string of the molecule is C[C@H](O)CNc1nc(C2CC2)no1. The van der Waals surface area contributed by atoms with Crippen molar-refractivity contribution in [1.29, 1.82) is 0 Å². The van der Waals surface area contributed by atoms with Crippen LogP contribution in [0.5, 0.6) is 0 Å². The monoisotopic (exact) mass is 183 g/mol. The predicted octanol–water partition coefficient (Wildman–Crippen LogP) is 0.740. The van der Waals surface area contributed by atoms with E-state index in [-0.39, 0.29) is 0 Å². The lowest BCUT2D eigenvalue weighted by atomic mass is 10.4. The molecule has 2 rings (SSSR count). The molecule has 1 aliphatic carbocycles. The first-order valence-electron chi connectivity index (χ1n) is 4.51. The maximum Gasteiger partial charge on any atom is 0.321 e. The van der Waals surface area contributed by atoms with Gasteiger partial charge < -0.3 is 14.9 Å². The minimum absolute atomic E-state index is 0.405. The third kappa shape index (κ3) is 2.18. The lowest BCUT2D eigenvalue weighted by Crippen LogP contribution is -2.15. The Morgan fingerprint density at radius 2 is 2.46 bits per heavy atom. The van der Waals surface area contributed by atoms with Crippen LogP contribution in [0.15, 0.2) is 4.52 Å². The summed E-state index contributed by atoms with van der Waals surface area (Å²) in [4.78, 5) is 4.14. The van der Waals surface area contributed by atoms with Gasteiger partial charge >= 0.3 is 6.01 Å². The van der Waals surface area contributed by atoms with Crippen molar-refractivity contribution in [2.75, 3.05) is 11.9 Å². The molecule has 1 saturated carbocycles. The molecule has 1 aromatic rings. The van der Waals surface area contributed by atoms with Gasteiger partial charge in [0.05, 0.1) is 6.10 Å². The number of hydrogen-bond acceptors (Lipinski definition) is 5. The Morgan fingerprint density at radius 1 is 1.69 bits per heavy atom. The molecular formula is C8H13N3O2. The maximum absolute atomic E-state index is 8.99. The first kappa shape index (κ1) is 8.50. The second-order valence-corrected chi connectivity index (χ2v) is 3.46. The van der Waals surface area contributed by atoms with E-state index < -0.39 is 6.10 Å². The van der Waals surface area contributed by atoms with E-state index in [1.807, 2.05) is 0 Å². The van der Waals surface area contributed by atoms with Crippen LogP contribution in [0.1, 0.15) is 31.5 Å². The number of anilines is 1. The number of aliphatic hydroxyl groups is 1. The van der Waals surface area contributed by atoms with Crippen LogP contribution < -0.4 is 5.32 Å². The van der Waals surface area contributed by atoms with Crippen LogP contribution in [0, 0.1) is 0 Å². The molecule has 0 saturated heterocycles. The number of aromatic nitrogens is 2. The minimum Gasteiger partial charge on any atom is -0.392 e. The van der Waals surface area contributed by atoms with Crippen LogP contribution in [0.4, 0.5) is 6.01 Å². The fourth-order valence-electron chi connectivity index (χ4n) is 1.05.